The molecule has 1 aliphatic rings. The predicted molar refractivity (Wildman–Crippen MR) is 89.3 cm³/mol. The minimum atomic E-state index is -0.707. The van der Waals surface area contributed by atoms with Crippen molar-refractivity contribution in [1.82, 2.24) is 19.5 Å². The monoisotopic (exact) mass is 345 g/mol. The maximum Gasteiger partial charge on any atom is 0.167 e. The predicted octanol–water partition coefficient (Wildman–Crippen LogP) is 2.47. The molecule has 8 heteroatoms. The van der Waals surface area contributed by atoms with Gasteiger partial charge in [-0.05, 0) is 30.5 Å². The van der Waals surface area contributed by atoms with E-state index in [9.17, 15) is 5.11 Å². The summed E-state index contributed by atoms with van der Waals surface area (Å²) in [6.45, 7) is 0. The Labute approximate surface area is 143 Å². The number of benzene rings is 1. The van der Waals surface area contributed by atoms with Crippen molar-refractivity contribution in [3.8, 4) is 0 Å². The van der Waals surface area contributed by atoms with Crippen LogP contribution in [0.4, 0.5) is 5.82 Å². The van der Waals surface area contributed by atoms with Crippen molar-refractivity contribution in [3.63, 3.8) is 0 Å². The second-order valence-corrected chi connectivity index (χ2v) is 6.22. The molecule has 24 heavy (non-hydrogen) atoms. The van der Waals surface area contributed by atoms with Crippen LogP contribution in [0.2, 0.25) is 5.02 Å². The second-order valence-electron chi connectivity index (χ2n) is 5.79. The fourth-order valence-corrected chi connectivity index (χ4v) is 3.16. The molecule has 0 amide bonds. The van der Waals surface area contributed by atoms with Gasteiger partial charge < -0.3 is 15.6 Å². The quantitative estimate of drug-likeness (QED) is 0.756. The highest BCUT2D eigenvalue weighted by atomic mass is 35.5. The number of aliphatic hydroxyl groups excluding tert-OH is 1. The smallest absolute Gasteiger partial charge is 0.167 e. The lowest BCUT2D eigenvalue weighted by Gasteiger charge is -2.20. The van der Waals surface area contributed by atoms with Crippen LogP contribution in [-0.4, -0.2) is 30.7 Å². The zero-order valence-electron chi connectivity index (χ0n) is 12.7. The number of hydrogen-bond acceptors (Lipinski definition) is 6. The first-order chi connectivity index (χ1) is 11.6. The van der Waals surface area contributed by atoms with Crippen LogP contribution in [-0.2, 0) is 4.74 Å². The standard InChI is InChI=1S/C16H16ClN5O2/c17-10-3-1-9(2-4-10)14(23)11-5-6-12(24-11)22-8-21-13-15(18)19-7-20-16(13)22/h1-4,7-8,11-12,14,23H,5-6H2,(H2,18,19,20). The molecule has 7 nitrogen and oxygen atoms in total. The zero-order valence-corrected chi connectivity index (χ0v) is 13.5. The molecule has 0 radical (unpaired) electrons. The van der Waals surface area contributed by atoms with Gasteiger partial charge in [0.1, 0.15) is 24.2 Å². The Bertz CT molecular complexity index is 867. The van der Waals surface area contributed by atoms with Crippen molar-refractivity contribution in [2.24, 2.45) is 0 Å². The Kier molecular flexibility index (Phi) is 3.84. The third kappa shape index (κ3) is 2.60. The molecule has 3 unspecified atom stereocenters. The van der Waals surface area contributed by atoms with E-state index in [0.29, 0.717) is 22.0 Å². The molecule has 1 fully saturated rings. The first kappa shape index (κ1) is 15.3. The molecule has 124 valence electrons. The minimum Gasteiger partial charge on any atom is -0.386 e. The van der Waals surface area contributed by atoms with Crippen molar-refractivity contribution in [2.75, 3.05) is 5.73 Å². The van der Waals surface area contributed by atoms with E-state index >= 15 is 0 Å². The fourth-order valence-electron chi connectivity index (χ4n) is 3.04. The molecule has 4 rings (SSSR count). The number of anilines is 1. The van der Waals surface area contributed by atoms with E-state index in [1.807, 2.05) is 16.7 Å². The summed E-state index contributed by atoms with van der Waals surface area (Å²) in [6.07, 6.45) is 3.30. The van der Waals surface area contributed by atoms with E-state index in [2.05, 4.69) is 15.0 Å². The van der Waals surface area contributed by atoms with Crippen LogP contribution < -0.4 is 5.73 Å². The highest BCUT2D eigenvalue weighted by Gasteiger charge is 2.33. The molecule has 0 saturated carbocycles. The highest BCUT2D eigenvalue weighted by molar-refractivity contribution is 6.30. The lowest BCUT2D eigenvalue weighted by molar-refractivity contribution is -0.0592. The first-order valence-electron chi connectivity index (χ1n) is 7.65. The number of nitrogens with zero attached hydrogens (tertiary/aromatic N) is 4. The number of imidazole rings is 1. The summed E-state index contributed by atoms with van der Waals surface area (Å²) in [7, 11) is 0. The van der Waals surface area contributed by atoms with Gasteiger partial charge in [-0.1, -0.05) is 23.7 Å². The van der Waals surface area contributed by atoms with Gasteiger partial charge in [0, 0.05) is 5.02 Å². The number of nitrogen functional groups attached to an aromatic ring is 1. The number of aromatic nitrogens is 4. The van der Waals surface area contributed by atoms with Gasteiger partial charge in [0.2, 0.25) is 0 Å². The molecule has 1 saturated heterocycles. The van der Waals surface area contributed by atoms with Crippen LogP contribution >= 0.6 is 11.6 Å². The molecule has 3 heterocycles. The summed E-state index contributed by atoms with van der Waals surface area (Å²) in [4.78, 5) is 12.4. The van der Waals surface area contributed by atoms with E-state index in [4.69, 9.17) is 22.1 Å². The summed E-state index contributed by atoms with van der Waals surface area (Å²) in [6, 6.07) is 7.14. The van der Waals surface area contributed by atoms with Crippen LogP contribution in [0.3, 0.4) is 0 Å². The number of fused-ring (bicyclic) bond motifs is 1. The van der Waals surface area contributed by atoms with Crippen molar-refractivity contribution in [3.05, 3.63) is 47.5 Å². The molecule has 0 aliphatic carbocycles. The molecule has 1 aliphatic heterocycles. The summed E-state index contributed by atoms with van der Waals surface area (Å²) in [5.41, 5.74) is 7.79. The number of ether oxygens (including phenoxy) is 1. The molecular weight excluding hydrogens is 330 g/mol. The molecule has 0 bridgehead atoms. The van der Waals surface area contributed by atoms with Gasteiger partial charge >= 0.3 is 0 Å². The minimum absolute atomic E-state index is 0.240. The van der Waals surface area contributed by atoms with Crippen LogP contribution in [0.25, 0.3) is 11.2 Å². The third-order valence-electron chi connectivity index (χ3n) is 4.29. The van der Waals surface area contributed by atoms with Gasteiger partial charge in [-0.25, -0.2) is 15.0 Å². The van der Waals surface area contributed by atoms with Crippen molar-refractivity contribution in [2.45, 2.75) is 31.3 Å². The molecule has 3 aromatic rings. The SMILES string of the molecule is Nc1ncnc2c1ncn2C1CCC(C(O)c2ccc(Cl)cc2)O1. The Morgan fingerprint density at radius 1 is 1.21 bits per heavy atom. The van der Waals surface area contributed by atoms with Gasteiger partial charge in [0.25, 0.3) is 0 Å². The fraction of sp³-hybridized carbons (Fsp3) is 0.312. The molecule has 2 aromatic heterocycles. The van der Waals surface area contributed by atoms with Gasteiger partial charge in [-0.2, -0.15) is 0 Å². The lowest BCUT2D eigenvalue weighted by atomic mass is 10.0. The van der Waals surface area contributed by atoms with Crippen LogP contribution in [0.5, 0.6) is 0 Å². The molecule has 3 N–H and O–H groups in total. The maximum atomic E-state index is 10.5. The molecular formula is C16H16ClN5O2. The Morgan fingerprint density at radius 2 is 2.00 bits per heavy atom. The summed E-state index contributed by atoms with van der Waals surface area (Å²) in [5, 5.41) is 11.2. The van der Waals surface area contributed by atoms with Crippen LogP contribution in [0, 0.1) is 0 Å². The number of rotatable bonds is 3. The summed E-state index contributed by atoms with van der Waals surface area (Å²) >= 11 is 5.89. The Balaban J connectivity index is 1.55. The van der Waals surface area contributed by atoms with E-state index in [1.165, 1.54) is 6.33 Å². The first-order valence-corrected chi connectivity index (χ1v) is 8.03. The zero-order chi connectivity index (χ0) is 16.7. The third-order valence-corrected chi connectivity index (χ3v) is 4.54. The van der Waals surface area contributed by atoms with E-state index < -0.39 is 6.10 Å². The Morgan fingerprint density at radius 3 is 2.79 bits per heavy atom. The number of halogens is 1. The normalized spacial score (nSPS) is 22.1. The maximum absolute atomic E-state index is 10.5. The highest BCUT2D eigenvalue weighted by Crippen LogP contribution is 2.36. The van der Waals surface area contributed by atoms with E-state index in [-0.39, 0.29) is 12.3 Å². The van der Waals surface area contributed by atoms with Gasteiger partial charge in [-0.3, -0.25) is 4.57 Å². The molecule has 3 atom stereocenters. The summed E-state index contributed by atoms with van der Waals surface area (Å²) in [5.74, 6) is 0.342. The Hall–Kier alpha value is -2.22. The van der Waals surface area contributed by atoms with Crippen molar-refractivity contribution < 1.29 is 9.84 Å². The van der Waals surface area contributed by atoms with E-state index in [1.54, 1.807) is 18.5 Å². The molecule has 0 spiro atoms. The average molecular weight is 346 g/mol. The molecule has 1 aromatic carbocycles. The van der Waals surface area contributed by atoms with Crippen molar-refractivity contribution in [1.29, 1.82) is 0 Å². The lowest BCUT2D eigenvalue weighted by Crippen LogP contribution is -2.19. The number of nitrogens with two attached hydrogens (primary N) is 1. The van der Waals surface area contributed by atoms with Gasteiger partial charge in [0.15, 0.2) is 11.5 Å². The average Bonchev–Trinajstić information content (AvgIpc) is 3.22. The largest absolute Gasteiger partial charge is 0.386 e. The van der Waals surface area contributed by atoms with Crippen LogP contribution in [0.1, 0.15) is 30.7 Å². The topological polar surface area (TPSA) is 99.1 Å². The van der Waals surface area contributed by atoms with Gasteiger partial charge in [0.05, 0.1) is 12.4 Å². The van der Waals surface area contributed by atoms with E-state index in [0.717, 1.165) is 18.4 Å². The number of aliphatic hydroxyl groups is 1. The summed E-state index contributed by atoms with van der Waals surface area (Å²) < 4.78 is 7.87. The number of hydrogen-bond donors (Lipinski definition) is 2. The second kappa shape index (κ2) is 6.01. The van der Waals surface area contributed by atoms with Crippen LogP contribution in [0.15, 0.2) is 36.9 Å². The van der Waals surface area contributed by atoms with Gasteiger partial charge in [-0.15, -0.1) is 0 Å². The van der Waals surface area contributed by atoms with Crippen molar-refractivity contribution >= 4 is 28.6 Å².